The van der Waals surface area contributed by atoms with E-state index < -0.39 is 17.7 Å². The van der Waals surface area contributed by atoms with Gasteiger partial charge >= 0.3 is 12.1 Å². The average Bonchev–Trinajstić information content (AvgIpc) is 2.60. The number of fused-ring (bicyclic) bond motifs is 1. The van der Waals surface area contributed by atoms with E-state index in [2.05, 4.69) is 4.98 Å². The van der Waals surface area contributed by atoms with E-state index in [1.165, 1.54) is 18.2 Å². The number of hydrogen-bond acceptors (Lipinski definition) is 3. The molecule has 1 N–H and O–H groups in total. The Morgan fingerprint density at radius 2 is 1.92 bits per heavy atom. The second kappa shape index (κ2) is 6.67. The van der Waals surface area contributed by atoms with Crippen LogP contribution in [0, 0.1) is 0 Å². The molecule has 0 amide bonds. The first-order chi connectivity index (χ1) is 12.3. The molecule has 134 valence electrons. The predicted molar refractivity (Wildman–Crippen MR) is 90.3 cm³/mol. The van der Waals surface area contributed by atoms with Gasteiger partial charge in [-0.25, -0.2) is 9.78 Å². The Hall–Kier alpha value is -3.09. The molecule has 3 aromatic rings. The van der Waals surface area contributed by atoms with E-state index in [9.17, 15) is 23.1 Å². The maximum absolute atomic E-state index is 12.9. The highest BCUT2D eigenvalue weighted by atomic mass is 19.4. The van der Waals surface area contributed by atoms with Crippen molar-refractivity contribution in [1.82, 2.24) is 4.98 Å². The molecule has 26 heavy (non-hydrogen) atoms. The van der Waals surface area contributed by atoms with Gasteiger partial charge in [-0.1, -0.05) is 12.1 Å². The van der Waals surface area contributed by atoms with Crippen LogP contribution >= 0.6 is 0 Å². The van der Waals surface area contributed by atoms with Gasteiger partial charge in [-0.3, -0.25) is 0 Å². The summed E-state index contributed by atoms with van der Waals surface area (Å²) >= 11 is 0. The molecule has 4 nitrogen and oxygen atoms in total. The molecule has 0 radical (unpaired) electrons. The van der Waals surface area contributed by atoms with Gasteiger partial charge in [0, 0.05) is 10.9 Å². The summed E-state index contributed by atoms with van der Waals surface area (Å²) in [6.45, 7) is 2.22. The van der Waals surface area contributed by atoms with Crippen molar-refractivity contribution in [3.63, 3.8) is 0 Å². The van der Waals surface area contributed by atoms with Crippen LogP contribution < -0.4 is 4.74 Å². The molecule has 1 heterocycles. The van der Waals surface area contributed by atoms with Crippen molar-refractivity contribution in [2.75, 3.05) is 6.61 Å². The summed E-state index contributed by atoms with van der Waals surface area (Å²) < 4.78 is 44.2. The van der Waals surface area contributed by atoms with Crippen molar-refractivity contribution in [1.29, 1.82) is 0 Å². The Labute approximate surface area is 146 Å². The minimum atomic E-state index is -4.49. The highest BCUT2D eigenvalue weighted by Crippen LogP contribution is 2.33. The lowest BCUT2D eigenvalue weighted by Gasteiger charge is -2.11. The number of hydrogen-bond donors (Lipinski definition) is 1. The van der Waals surface area contributed by atoms with Crippen molar-refractivity contribution in [3.8, 4) is 17.0 Å². The molecule has 1 aromatic heterocycles. The van der Waals surface area contributed by atoms with Crippen molar-refractivity contribution in [2.45, 2.75) is 13.1 Å². The summed E-state index contributed by atoms with van der Waals surface area (Å²) in [6, 6.07) is 10.7. The third-order valence-electron chi connectivity index (χ3n) is 3.81. The number of carboxylic acid groups (broad SMARTS) is 1. The highest BCUT2D eigenvalue weighted by Gasteiger charge is 2.30. The van der Waals surface area contributed by atoms with Crippen LogP contribution in [0.3, 0.4) is 0 Å². The number of benzene rings is 2. The van der Waals surface area contributed by atoms with Gasteiger partial charge in [0.25, 0.3) is 0 Å². The summed E-state index contributed by atoms with van der Waals surface area (Å²) in [4.78, 5) is 16.0. The van der Waals surface area contributed by atoms with Gasteiger partial charge in [-0.05, 0) is 43.3 Å². The number of aromatic nitrogens is 1. The van der Waals surface area contributed by atoms with E-state index in [4.69, 9.17) is 4.74 Å². The number of nitrogens with zero attached hydrogens (tertiary/aromatic N) is 1. The smallest absolute Gasteiger partial charge is 0.416 e. The fraction of sp³-hybridized carbons (Fsp3) is 0.158. The Morgan fingerprint density at radius 1 is 1.15 bits per heavy atom. The van der Waals surface area contributed by atoms with E-state index in [0.717, 1.165) is 12.1 Å². The second-order valence-corrected chi connectivity index (χ2v) is 5.55. The molecule has 0 saturated heterocycles. The minimum absolute atomic E-state index is 0.0519. The van der Waals surface area contributed by atoms with Gasteiger partial charge in [-0.2, -0.15) is 13.2 Å². The summed E-state index contributed by atoms with van der Waals surface area (Å²) in [5.74, 6) is -0.699. The fourth-order valence-corrected chi connectivity index (χ4v) is 2.64. The molecular formula is C19H14F3NO3. The molecule has 3 rings (SSSR count). The number of rotatable bonds is 4. The van der Waals surface area contributed by atoms with E-state index in [1.54, 1.807) is 25.1 Å². The van der Waals surface area contributed by atoms with Gasteiger partial charge in [-0.15, -0.1) is 0 Å². The Balaban J connectivity index is 2.19. The summed E-state index contributed by atoms with van der Waals surface area (Å²) in [5.41, 5.74) is -0.159. The topological polar surface area (TPSA) is 59.4 Å². The first-order valence-electron chi connectivity index (χ1n) is 7.78. The van der Waals surface area contributed by atoms with E-state index in [-0.39, 0.29) is 16.8 Å². The predicted octanol–water partition coefficient (Wildman–Crippen LogP) is 5.02. The quantitative estimate of drug-likeness (QED) is 0.709. The Bertz CT molecular complexity index is 983. The van der Waals surface area contributed by atoms with Crippen LogP contribution in [-0.2, 0) is 6.18 Å². The lowest BCUT2D eigenvalue weighted by atomic mass is 10.0. The molecule has 0 aliphatic heterocycles. The van der Waals surface area contributed by atoms with Crippen molar-refractivity contribution >= 4 is 16.9 Å². The number of carbonyl (C=O) groups is 1. The molecule has 0 aliphatic rings. The van der Waals surface area contributed by atoms with Crippen LogP contribution in [0.5, 0.6) is 5.75 Å². The second-order valence-electron chi connectivity index (χ2n) is 5.55. The third-order valence-corrected chi connectivity index (χ3v) is 3.81. The molecule has 0 saturated carbocycles. The van der Waals surface area contributed by atoms with Crippen molar-refractivity contribution in [3.05, 3.63) is 59.7 Å². The standard InChI is InChI=1S/C19H14F3NO3/c1-2-26-13-6-7-16-14(9-13)15(18(24)25)10-17(23-16)11-4-3-5-12(8-11)19(20,21)22/h3-10H,2H2,1H3,(H,24,25). The number of ether oxygens (including phenoxy) is 1. The summed E-state index contributed by atoms with van der Waals surface area (Å²) in [5, 5.41) is 9.87. The van der Waals surface area contributed by atoms with Crippen LogP contribution in [0.15, 0.2) is 48.5 Å². The zero-order valence-electron chi connectivity index (χ0n) is 13.7. The molecule has 7 heteroatoms. The zero-order chi connectivity index (χ0) is 18.9. The molecular weight excluding hydrogens is 347 g/mol. The number of halogens is 3. The number of pyridine rings is 1. The van der Waals surface area contributed by atoms with Gasteiger partial charge in [0.1, 0.15) is 5.75 Å². The molecule has 0 spiro atoms. The fourth-order valence-electron chi connectivity index (χ4n) is 2.64. The number of carboxylic acids is 1. The maximum Gasteiger partial charge on any atom is 0.416 e. The lowest BCUT2D eigenvalue weighted by Crippen LogP contribution is -2.05. The monoisotopic (exact) mass is 361 g/mol. The van der Waals surface area contributed by atoms with Crippen LogP contribution in [-0.4, -0.2) is 22.7 Å². The van der Waals surface area contributed by atoms with E-state index >= 15 is 0 Å². The van der Waals surface area contributed by atoms with Gasteiger partial charge in [0.05, 0.1) is 28.9 Å². The maximum atomic E-state index is 12.9. The van der Waals surface area contributed by atoms with Crippen LogP contribution in [0.1, 0.15) is 22.8 Å². The lowest BCUT2D eigenvalue weighted by molar-refractivity contribution is -0.137. The third kappa shape index (κ3) is 3.46. The van der Waals surface area contributed by atoms with Gasteiger partial charge in [0.2, 0.25) is 0 Å². The van der Waals surface area contributed by atoms with Crippen molar-refractivity contribution < 1.29 is 27.8 Å². The van der Waals surface area contributed by atoms with E-state index in [0.29, 0.717) is 23.3 Å². The van der Waals surface area contributed by atoms with Crippen LogP contribution in [0.25, 0.3) is 22.2 Å². The number of alkyl halides is 3. The molecule has 0 atom stereocenters. The van der Waals surface area contributed by atoms with Gasteiger partial charge < -0.3 is 9.84 Å². The molecule has 2 aromatic carbocycles. The SMILES string of the molecule is CCOc1ccc2nc(-c3cccc(C(F)(F)F)c3)cc(C(=O)O)c2c1. The molecule has 0 unspecified atom stereocenters. The first-order valence-corrected chi connectivity index (χ1v) is 7.78. The summed E-state index contributed by atoms with van der Waals surface area (Å²) in [6.07, 6.45) is -4.49. The average molecular weight is 361 g/mol. The first kappa shape index (κ1) is 17.7. The molecule has 0 bridgehead atoms. The Morgan fingerprint density at radius 3 is 2.58 bits per heavy atom. The summed E-state index contributed by atoms with van der Waals surface area (Å²) in [7, 11) is 0. The Kier molecular flexibility index (Phi) is 4.54. The minimum Gasteiger partial charge on any atom is -0.494 e. The largest absolute Gasteiger partial charge is 0.494 e. The molecule has 0 aliphatic carbocycles. The van der Waals surface area contributed by atoms with Crippen LogP contribution in [0.4, 0.5) is 13.2 Å². The normalized spacial score (nSPS) is 11.5. The number of aromatic carboxylic acids is 1. The van der Waals surface area contributed by atoms with Crippen LogP contribution in [0.2, 0.25) is 0 Å². The zero-order valence-corrected chi connectivity index (χ0v) is 13.7. The van der Waals surface area contributed by atoms with Gasteiger partial charge in [0.15, 0.2) is 0 Å². The van der Waals surface area contributed by atoms with Crippen molar-refractivity contribution in [2.24, 2.45) is 0 Å². The van der Waals surface area contributed by atoms with E-state index in [1.807, 2.05) is 0 Å². The molecule has 0 fully saturated rings. The highest BCUT2D eigenvalue weighted by molar-refractivity contribution is 6.04.